The van der Waals surface area contributed by atoms with Crippen molar-refractivity contribution >= 4 is 22.4 Å². The molecule has 3 aromatic rings. The van der Waals surface area contributed by atoms with Crippen LogP contribution in [-0.4, -0.2) is 4.98 Å². The minimum Gasteiger partial charge on any atom is -0.235 e. The molecule has 0 unspecified atom stereocenters. The highest BCUT2D eigenvalue weighted by Crippen LogP contribution is 2.28. The van der Waals surface area contributed by atoms with Crippen LogP contribution in [0.4, 0.5) is 0 Å². The molecule has 1 heterocycles. The van der Waals surface area contributed by atoms with E-state index in [1.165, 1.54) is 5.56 Å². The molecule has 0 aliphatic rings. The van der Waals surface area contributed by atoms with E-state index in [0.717, 1.165) is 22.0 Å². The third-order valence-electron chi connectivity index (χ3n) is 3.11. The first-order chi connectivity index (χ1) is 10.8. The largest absolute Gasteiger partial charge is 0.235 e. The number of hydrogen-bond donors (Lipinski definition) is 0. The summed E-state index contributed by atoms with van der Waals surface area (Å²) >= 11 is 6.25. The summed E-state index contributed by atoms with van der Waals surface area (Å²) in [5.74, 6) is 0. The van der Waals surface area contributed by atoms with E-state index in [0.29, 0.717) is 5.15 Å². The SMILES string of the molecule is CC.CC.Cc1ccccc1-c1cc2ccccc2c(Cl)n1. The van der Waals surface area contributed by atoms with Crippen molar-refractivity contribution in [1.82, 2.24) is 4.98 Å². The molecule has 0 saturated carbocycles. The summed E-state index contributed by atoms with van der Waals surface area (Å²) in [7, 11) is 0. The normalized spacial score (nSPS) is 9.36. The molecule has 0 aliphatic heterocycles. The second-order valence-corrected chi connectivity index (χ2v) is 4.69. The Labute approximate surface area is 139 Å². The van der Waals surface area contributed by atoms with Crippen molar-refractivity contribution in [3.8, 4) is 11.3 Å². The predicted molar refractivity (Wildman–Crippen MR) is 99.6 cm³/mol. The van der Waals surface area contributed by atoms with Crippen molar-refractivity contribution in [3.05, 3.63) is 65.3 Å². The number of pyridine rings is 1. The minimum atomic E-state index is 0.561. The molecule has 0 spiro atoms. The lowest BCUT2D eigenvalue weighted by molar-refractivity contribution is 1.33. The lowest BCUT2D eigenvalue weighted by atomic mass is 10.0. The molecule has 0 atom stereocenters. The summed E-state index contributed by atoms with van der Waals surface area (Å²) in [6.07, 6.45) is 0. The van der Waals surface area contributed by atoms with Gasteiger partial charge in [0.05, 0.1) is 5.69 Å². The number of hydrogen-bond acceptors (Lipinski definition) is 1. The zero-order valence-corrected chi connectivity index (χ0v) is 14.8. The monoisotopic (exact) mass is 313 g/mol. The van der Waals surface area contributed by atoms with Gasteiger partial charge in [-0.05, 0) is 23.9 Å². The third kappa shape index (κ3) is 4.08. The van der Waals surface area contributed by atoms with Gasteiger partial charge in [-0.15, -0.1) is 0 Å². The standard InChI is InChI=1S/C16H12ClN.2C2H6/c1-11-6-2-4-8-13(11)15-10-12-7-3-5-9-14(12)16(17)18-15;2*1-2/h2-10H,1H3;2*1-2H3. The zero-order valence-electron chi connectivity index (χ0n) is 14.0. The van der Waals surface area contributed by atoms with E-state index >= 15 is 0 Å². The van der Waals surface area contributed by atoms with Crippen LogP contribution in [0.15, 0.2) is 54.6 Å². The summed E-state index contributed by atoms with van der Waals surface area (Å²) in [5.41, 5.74) is 3.26. The first-order valence-electron chi connectivity index (χ1n) is 7.87. The Morgan fingerprint density at radius 1 is 0.818 bits per heavy atom. The summed E-state index contributed by atoms with van der Waals surface area (Å²) < 4.78 is 0. The number of fused-ring (bicyclic) bond motifs is 1. The molecule has 0 radical (unpaired) electrons. The molecular formula is C20H24ClN. The first-order valence-corrected chi connectivity index (χ1v) is 8.25. The van der Waals surface area contributed by atoms with Gasteiger partial charge in [0.25, 0.3) is 0 Å². The van der Waals surface area contributed by atoms with E-state index < -0.39 is 0 Å². The van der Waals surface area contributed by atoms with Gasteiger partial charge in [-0.25, -0.2) is 4.98 Å². The number of benzene rings is 2. The molecular weight excluding hydrogens is 290 g/mol. The fourth-order valence-corrected chi connectivity index (χ4v) is 2.42. The maximum absolute atomic E-state index is 6.25. The van der Waals surface area contributed by atoms with Gasteiger partial charge in [0, 0.05) is 10.9 Å². The molecule has 2 aromatic carbocycles. The molecule has 3 rings (SSSR count). The van der Waals surface area contributed by atoms with E-state index in [9.17, 15) is 0 Å². The molecule has 0 aliphatic carbocycles. The molecule has 0 saturated heterocycles. The van der Waals surface area contributed by atoms with E-state index in [4.69, 9.17) is 11.6 Å². The van der Waals surface area contributed by atoms with Crippen molar-refractivity contribution in [1.29, 1.82) is 0 Å². The zero-order chi connectivity index (χ0) is 16.5. The van der Waals surface area contributed by atoms with Crippen molar-refractivity contribution in [3.63, 3.8) is 0 Å². The van der Waals surface area contributed by atoms with Gasteiger partial charge in [-0.1, -0.05) is 87.8 Å². The highest BCUT2D eigenvalue weighted by atomic mass is 35.5. The summed E-state index contributed by atoms with van der Waals surface area (Å²) in [6, 6.07) is 18.3. The summed E-state index contributed by atoms with van der Waals surface area (Å²) in [4.78, 5) is 4.50. The van der Waals surface area contributed by atoms with Crippen LogP contribution >= 0.6 is 11.6 Å². The Bertz CT molecular complexity index is 720. The van der Waals surface area contributed by atoms with Gasteiger partial charge in [0.1, 0.15) is 5.15 Å². The fourth-order valence-electron chi connectivity index (χ4n) is 2.15. The summed E-state index contributed by atoms with van der Waals surface area (Å²) in [6.45, 7) is 10.1. The molecule has 0 fully saturated rings. The molecule has 0 amide bonds. The average molecular weight is 314 g/mol. The van der Waals surface area contributed by atoms with Crippen LogP contribution in [0.25, 0.3) is 22.0 Å². The van der Waals surface area contributed by atoms with Crippen molar-refractivity contribution < 1.29 is 0 Å². The van der Waals surface area contributed by atoms with Gasteiger partial charge >= 0.3 is 0 Å². The Morgan fingerprint density at radius 3 is 2.09 bits per heavy atom. The summed E-state index contributed by atoms with van der Waals surface area (Å²) in [5, 5.41) is 2.68. The van der Waals surface area contributed by atoms with E-state index in [2.05, 4.69) is 36.2 Å². The Hall–Kier alpha value is -1.86. The van der Waals surface area contributed by atoms with Crippen molar-refractivity contribution in [2.45, 2.75) is 34.6 Å². The quantitative estimate of drug-likeness (QED) is 0.444. The van der Waals surface area contributed by atoms with Gasteiger partial charge in [-0.2, -0.15) is 0 Å². The maximum Gasteiger partial charge on any atom is 0.137 e. The second kappa shape index (κ2) is 9.22. The Balaban J connectivity index is 0.000000561. The van der Waals surface area contributed by atoms with E-state index in [-0.39, 0.29) is 0 Å². The highest BCUT2D eigenvalue weighted by molar-refractivity contribution is 6.34. The van der Waals surface area contributed by atoms with Crippen LogP contribution in [0.5, 0.6) is 0 Å². The Morgan fingerprint density at radius 2 is 1.41 bits per heavy atom. The maximum atomic E-state index is 6.25. The van der Waals surface area contributed by atoms with Crippen LogP contribution in [0.3, 0.4) is 0 Å². The average Bonchev–Trinajstić information content (AvgIpc) is 2.59. The molecule has 1 aromatic heterocycles. The van der Waals surface area contributed by atoms with Crippen molar-refractivity contribution in [2.75, 3.05) is 0 Å². The first kappa shape index (κ1) is 18.2. The fraction of sp³-hybridized carbons (Fsp3) is 0.250. The van der Waals surface area contributed by atoms with Crippen LogP contribution in [0.1, 0.15) is 33.3 Å². The molecule has 116 valence electrons. The van der Waals surface area contributed by atoms with Crippen LogP contribution < -0.4 is 0 Å². The molecule has 1 nitrogen and oxygen atoms in total. The topological polar surface area (TPSA) is 12.9 Å². The lowest BCUT2D eigenvalue weighted by Crippen LogP contribution is -1.88. The number of halogens is 1. The third-order valence-corrected chi connectivity index (χ3v) is 3.40. The van der Waals surface area contributed by atoms with E-state index in [1.54, 1.807) is 0 Å². The molecule has 0 bridgehead atoms. The number of aromatic nitrogens is 1. The van der Waals surface area contributed by atoms with E-state index in [1.807, 2.05) is 58.0 Å². The predicted octanol–water partition coefficient (Wildman–Crippen LogP) is 6.92. The minimum absolute atomic E-state index is 0.561. The van der Waals surface area contributed by atoms with Gasteiger partial charge in [0.15, 0.2) is 0 Å². The molecule has 2 heteroatoms. The number of aryl methyl sites for hydroxylation is 1. The number of nitrogens with zero attached hydrogens (tertiary/aromatic N) is 1. The lowest BCUT2D eigenvalue weighted by Gasteiger charge is -2.07. The smallest absolute Gasteiger partial charge is 0.137 e. The second-order valence-electron chi connectivity index (χ2n) is 4.33. The van der Waals surface area contributed by atoms with Crippen LogP contribution in [0, 0.1) is 6.92 Å². The highest BCUT2D eigenvalue weighted by Gasteiger charge is 2.07. The Kier molecular flexibility index (Phi) is 7.62. The van der Waals surface area contributed by atoms with Crippen molar-refractivity contribution in [2.24, 2.45) is 0 Å². The number of rotatable bonds is 1. The van der Waals surface area contributed by atoms with Crippen LogP contribution in [-0.2, 0) is 0 Å². The van der Waals surface area contributed by atoms with Gasteiger partial charge in [-0.3, -0.25) is 0 Å². The van der Waals surface area contributed by atoms with Crippen LogP contribution in [0.2, 0.25) is 5.15 Å². The van der Waals surface area contributed by atoms with Gasteiger partial charge < -0.3 is 0 Å². The van der Waals surface area contributed by atoms with Gasteiger partial charge in [0.2, 0.25) is 0 Å². The molecule has 0 N–H and O–H groups in total. The molecule has 22 heavy (non-hydrogen) atoms.